The summed E-state index contributed by atoms with van der Waals surface area (Å²) in [5, 5.41) is 9.23. The van der Waals surface area contributed by atoms with E-state index in [9.17, 15) is 13.5 Å². The number of nitrogens with one attached hydrogen (secondary N) is 1. The zero-order chi connectivity index (χ0) is 14.2. The summed E-state index contributed by atoms with van der Waals surface area (Å²) < 4.78 is 27.6. The number of aliphatic hydroxyl groups excluding tert-OH is 1. The second-order valence-electron chi connectivity index (χ2n) is 5.65. The Hall–Kier alpha value is -1.11. The Morgan fingerprint density at radius 3 is 2.65 bits per heavy atom. The molecule has 5 nitrogen and oxygen atoms in total. The third-order valence-electron chi connectivity index (χ3n) is 3.94. The first kappa shape index (κ1) is 13.9. The second kappa shape index (κ2) is 5.35. The first-order valence-corrected chi connectivity index (χ1v) is 8.55. The predicted octanol–water partition coefficient (Wildman–Crippen LogP) is 0.946. The third-order valence-corrected chi connectivity index (χ3v) is 5.51. The number of hydrogen-bond donors (Lipinski definition) is 2. The molecule has 3 rings (SSSR count). The van der Waals surface area contributed by atoms with Gasteiger partial charge in [-0.25, -0.2) is 13.1 Å². The average Bonchev–Trinajstić information content (AvgIpc) is 3.11. The first-order valence-electron chi connectivity index (χ1n) is 7.07. The molecule has 0 radical (unpaired) electrons. The molecule has 1 aromatic carbocycles. The van der Waals surface area contributed by atoms with Crippen LogP contribution < -0.4 is 9.62 Å². The zero-order valence-corrected chi connectivity index (χ0v) is 12.1. The Labute approximate surface area is 119 Å². The van der Waals surface area contributed by atoms with Crippen molar-refractivity contribution in [2.75, 3.05) is 24.6 Å². The first-order chi connectivity index (χ1) is 9.60. The van der Waals surface area contributed by atoms with E-state index in [0.717, 1.165) is 31.5 Å². The normalized spacial score (nSPS) is 23.2. The summed E-state index contributed by atoms with van der Waals surface area (Å²) in [6.45, 7) is 1.67. The largest absolute Gasteiger partial charge is 0.396 e. The Morgan fingerprint density at radius 2 is 2.00 bits per heavy atom. The lowest BCUT2D eigenvalue weighted by Crippen LogP contribution is -2.29. The molecule has 1 saturated heterocycles. The van der Waals surface area contributed by atoms with Crippen LogP contribution in [0.25, 0.3) is 0 Å². The summed E-state index contributed by atoms with van der Waals surface area (Å²) in [6.07, 6.45) is 2.76. The Kier molecular flexibility index (Phi) is 3.70. The summed E-state index contributed by atoms with van der Waals surface area (Å²) in [6, 6.07) is 7.23. The standard InChI is InChI=1S/C14H20N2O3S/c17-10-11-7-8-16(9-11)13-3-1-2-4-14(13)20(18,19)15-12-5-6-12/h1-4,11-12,15,17H,5-10H2. The van der Waals surface area contributed by atoms with Crippen molar-refractivity contribution in [1.29, 1.82) is 0 Å². The van der Waals surface area contributed by atoms with Crippen molar-refractivity contribution >= 4 is 15.7 Å². The van der Waals surface area contributed by atoms with Gasteiger partial charge in [0.25, 0.3) is 0 Å². The number of anilines is 1. The molecule has 2 N–H and O–H groups in total. The van der Waals surface area contributed by atoms with E-state index in [0.29, 0.717) is 11.4 Å². The maximum absolute atomic E-state index is 12.4. The molecule has 1 atom stereocenters. The van der Waals surface area contributed by atoms with Crippen LogP contribution in [-0.2, 0) is 10.0 Å². The van der Waals surface area contributed by atoms with Crippen LogP contribution in [0.15, 0.2) is 29.2 Å². The Morgan fingerprint density at radius 1 is 1.25 bits per heavy atom. The van der Waals surface area contributed by atoms with Crippen LogP contribution in [0.2, 0.25) is 0 Å². The van der Waals surface area contributed by atoms with E-state index in [-0.39, 0.29) is 18.6 Å². The summed E-state index contributed by atoms with van der Waals surface area (Å²) >= 11 is 0. The molecule has 2 fully saturated rings. The van der Waals surface area contributed by atoms with Crippen LogP contribution in [0.1, 0.15) is 19.3 Å². The van der Waals surface area contributed by atoms with Gasteiger partial charge in [-0.15, -0.1) is 0 Å². The quantitative estimate of drug-likeness (QED) is 0.848. The molecule has 6 heteroatoms. The molecule has 1 aromatic rings. The molecule has 1 aliphatic carbocycles. The molecule has 2 aliphatic rings. The maximum Gasteiger partial charge on any atom is 0.242 e. The van der Waals surface area contributed by atoms with E-state index in [2.05, 4.69) is 9.62 Å². The molecule has 20 heavy (non-hydrogen) atoms. The number of para-hydroxylation sites is 1. The van der Waals surface area contributed by atoms with Crippen molar-refractivity contribution in [3.63, 3.8) is 0 Å². The van der Waals surface area contributed by atoms with Gasteiger partial charge in [-0.1, -0.05) is 12.1 Å². The minimum atomic E-state index is -3.44. The fourth-order valence-corrected chi connectivity index (χ4v) is 4.16. The van der Waals surface area contributed by atoms with Crippen molar-refractivity contribution in [2.45, 2.75) is 30.2 Å². The van der Waals surface area contributed by atoms with Gasteiger partial charge in [-0.05, 0) is 31.4 Å². The van der Waals surface area contributed by atoms with Crippen LogP contribution in [0.3, 0.4) is 0 Å². The van der Waals surface area contributed by atoms with E-state index >= 15 is 0 Å². The van der Waals surface area contributed by atoms with Gasteiger partial charge in [-0.2, -0.15) is 0 Å². The van der Waals surface area contributed by atoms with Gasteiger partial charge < -0.3 is 10.0 Å². The summed E-state index contributed by atoms with van der Waals surface area (Å²) in [5.74, 6) is 0.238. The predicted molar refractivity (Wildman–Crippen MR) is 77.2 cm³/mol. The lowest BCUT2D eigenvalue weighted by molar-refractivity contribution is 0.238. The molecular weight excluding hydrogens is 276 g/mol. The summed E-state index contributed by atoms with van der Waals surface area (Å²) in [7, 11) is -3.44. The highest BCUT2D eigenvalue weighted by Gasteiger charge is 2.31. The van der Waals surface area contributed by atoms with E-state index < -0.39 is 10.0 Å². The Bertz CT molecular complexity index is 584. The molecule has 0 aromatic heterocycles. The van der Waals surface area contributed by atoms with Crippen LogP contribution in [0, 0.1) is 5.92 Å². The van der Waals surface area contributed by atoms with E-state index in [1.807, 2.05) is 12.1 Å². The monoisotopic (exact) mass is 296 g/mol. The zero-order valence-electron chi connectivity index (χ0n) is 11.3. The molecule has 0 spiro atoms. The summed E-state index contributed by atoms with van der Waals surface area (Å²) in [4.78, 5) is 2.41. The van der Waals surface area contributed by atoms with Crippen molar-refractivity contribution < 1.29 is 13.5 Å². The maximum atomic E-state index is 12.4. The lowest BCUT2D eigenvalue weighted by Gasteiger charge is -2.22. The smallest absolute Gasteiger partial charge is 0.242 e. The minimum Gasteiger partial charge on any atom is -0.396 e. The van der Waals surface area contributed by atoms with E-state index in [1.54, 1.807) is 12.1 Å². The van der Waals surface area contributed by atoms with Crippen molar-refractivity contribution in [3.8, 4) is 0 Å². The van der Waals surface area contributed by atoms with Crippen LogP contribution >= 0.6 is 0 Å². The van der Waals surface area contributed by atoms with Crippen LogP contribution in [0.5, 0.6) is 0 Å². The van der Waals surface area contributed by atoms with Gasteiger partial charge in [0.05, 0.1) is 5.69 Å². The third kappa shape index (κ3) is 2.82. The number of nitrogens with zero attached hydrogens (tertiary/aromatic N) is 1. The van der Waals surface area contributed by atoms with Gasteiger partial charge in [-0.3, -0.25) is 0 Å². The molecule has 1 heterocycles. The number of sulfonamides is 1. The van der Waals surface area contributed by atoms with Gasteiger partial charge >= 0.3 is 0 Å². The number of rotatable bonds is 5. The fraction of sp³-hybridized carbons (Fsp3) is 0.571. The average molecular weight is 296 g/mol. The van der Waals surface area contributed by atoms with Gasteiger partial charge in [0.1, 0.15) is 4.90 Å². The highest BCUT2D eigenvalue weighted by atomic mass is 32.2. The molecular formula is C14H20N2O3S. The fourth-order valence-electron chi connectivity index (χ4n) is 2.63. The number of aliphatic hydroxyl groups is 1. The van der Waals surface area contributed by atoms with Crippen molar-refractivity contribution in [2.24, 2.45) is 5.92 Å². The summed E-state index contributed by atoms with van der Waals surface area (Å²) in [5.41, 5.74) is 0.747. The molecule has 0 amide bonds. The van der Waals surface area contributed by atoms with Crippen LogP contribution in [-0.4, -0.2) is 39.3 Å². The number of benzene rings is 1. The molecule has 1 aliphatic heterocycles. The number of hydrogen-bond acceptors (Lipinski definition) is 4. The highest BCUT2D eigenvalue weighted by molar-refractivity contribution is 7.89. The van der Waals surface area contributed by atoms with E-state index in [4.69, 9.17) is 0 Å². The van der Waals surface area contributed by atoms with Crippen LogP contribution in [0.4, 0.5) is 5.69 Å². The molecule has 110 valence electrons. The second-order valence-corrected chi connectivity index (χ2v) is 7.33. The van der Waals surface area contributed by atoms with Crippen molar-refractivity contribution in [1.82, 2.24) is 4.72 Å². The Balaban J connectivity index is 1.88. The highest BCUT2D eigenvalue weighted by Crippen LogP contribution is 2.31. The topological polar surface area (TPSA) is 69.6 Å². The molecule has 0 bridgehead atoms. The van der Waals surface area contributed by atoms with Gasteiger partial charge in [0.15, 0.2) is 0 Å². The molecule has 1 saturated carbocycles. The van der Waals surface area contributed by atoms with E-state index in [1.165, 1.54) is 0 Å². The molecule has 1 unspecified atom stereocenters. The minimum absolute atomic E-state index is 0.108. The lowest BCUT2D eigenvalue weighted by atomic mass is 10.1. The van der Waals surface area contributed by atoms with Gasteiger partial charge in [0, 0.05) is 31.7 Å². The SMILES string of the molecule is O=S(=O)(NC1CC1)c1ccccc1N1CCC(CO)C1. The van der Waals surface area contributed by atoms with Gasteiger partial charge in [0.2, 0.25) is 10.0 Å². The van der Waals surface area contributed by atoms with Crippen molar-refractivity contribution in [3.05, 3.63) is 24.3 Å².